The smallest absolute Gasteiger partial charge is 0.294 e. The number of imide groups is 1. The number of carbonyl (C=O) groups excluding carboxylic acids is 3. The zero-order valence-electron chi connectivity index (χ0n) is 21.0. The lowest BCUT2D eigenvalue weighted by molar-refractivity contribution is -0.127. The van der Waals surface area contributed by atoms with E-state index in [4.69, 9.17) is 25.8 Å². The number of nitrogens with one attached hydrogen (secondary N) is 1. The summed E-state index contributed by atoms with van der Waals surface area (Å²) in [6.07, 6.45) is 1.53. The zero-order chi connectivity index (χ0) is 27.9. The van der Waals surface area contributed by atoms with E-state index in [2.05, 4.69) is 27.9 Å². The van der Waals surface area contributed by atoms with E-state index in [0.29, 0.717) is 46.7 Å². The Kier molecular flexibility index (Phi) is 9.76. The molecule has 1 N–H and O–H groups in total. The van der Waals surface area contributed by atoms with E-state index in [0.717, 1.165) is 25.8 Å². The van der Waals surface area contributed by atoms with Gasteiger partial charge in [0.2, 0.25) is 5.91 Å². The van der Waals surface area contributed by atoms with Crippen LogP contribution in [-0.4, -0.2) is 42.2 Å². The molecule has 0 atom stereocenters. The molecule has 0 radical (unpaired) electrons. The fourth-order valence-electron chi connectivity index (χ4n) is 3.63. The lowest BCUT2D eigenvalue weighted by Gasteiger charge is -2.14. The van der Waals surface area contributed by atoms with Crippen molar-refractivity contribution < 1.29 is 28.6 Å². The van der Waals surface area contributed by atoms with E-state index in [1.807, 2.05) is 31.2 Å². The summed E-state index contributed by atoms with van der Waals surface area (Å²) in [6, 6.07) is 18.0. The van der Waals surface area contributed by atoms with Gasteiger partial charge >= 0.3 is 0 Å². The summed E-state index contributed by atoms with van der Waals surface area (Å²) in [5.74, 6) is 0.360. The Hall–Kier alpha value is -3.22. The van der Waals surface area contributed by atoms with E-state index >= 15 is 0 Å². The molecule has 4 rings (SSSR count). The maximum atomic E-state index is 12.9. The number of amides is 3. The van der Waals surface area contributed by atoms with Gasteiger partial charge in [0.25, 0.3) is 11.1 Å². The summed E-state index contributed by atoms with van der Waals surface area (Å²) in [6.45, 7) is 2.29. The maximum Gasteiger partial charge on any atom is 0.294 e. The minimum atomic E-state index is -0.569. The predicted molar refractivity (Wildman–Crippen MR) is 160 cm³/mol. The molecule has 3 aromatic rings. The molecule has 1 aliphatic rings. The van der Waals surface area contributed by atoms with Crippen molar-refractivity contribution in [3.8, 4) is 17.2 Å². The summed E-state index contributed by atoms with van der Waals surface area (Å²) in [5, 5.41) is 2.43. The average Bonchev–Trinajstić information content (AvgIpc) is 3.17. The van der Waals surface area contributed by atoms with Crippen molar-refractivity contribution in [3.63, 3.8) is 0 Å². The highest BCUT2D eigenvalue weighted by molar-refractivity contribution is 14.1. The van der Waals surface area contributed by atoms with Crippen molar-refractivity contribution >= 4 is 74.8 Å². The van der Waals surface area contributed by atoms with Crippen LogP contribution >= 0.6 is 46.0 Å². The number of hydrogen-bond acceptors (Lipinski definition) is 7. The van der Waals surface area contributed by atoms with Crippen LogP contribution in [-0.2, 0) is 16.2 Å². The molecule has 1 aliphatic heterocycles. The molecule has 0 spiro atoms. The summed E-state index contributed by atoms with van der Waals surface area (Å²) in [4.78, 5) is 39.1. The number of halogens is 2. The van der Waals surface area contributed by atoms with E-state index in [-0.39, 0.29) is 4.91 Å². The van der Waals surface area contributed by atoms with E-state index in [1.54, 1.807) is 36.4 Å². The van der Waals surface area contributed by atoms with Gasteiger partial charge in [0, 0.05) is 9.26 Å². The molecule has 8 nitrogen and oxygen atoms in total. The van der Waals surface area contributed by atoms with Crippen LogP contribution in [0.25, 0.3) is 6.08 Å². The van der Waals surface area contributed by atoms with Gasteiger partial charge in [-0.25, -0.2) is 0 Å². The summed E-state index contributed by atoms with van der Waals surface area (Å²) in [5.41, 5.74) is 2.04. The summed E-state index contributed by atoms with van der Waals surface area (Å²) < 4.78 is 17.9. The molecule has 3 aromatic carbocycles. The summed E-state index contributed by atoms with van der Waals surface area (Å²) >= 11 is 9.48. The third kappa shape index (κ3) is 7.46. The van der Waals surface area contributed by atoms with Crippen LogP contribution in [0, 0.1) is 3.57 Å². The molecule has 1 heterocycles. The van der Waals surface area contributed by atoms with Crippen LogP contribution in [0.15, 0.2) is 65.6 Å². The van der Waals surface area contributed by atoms with Gasteiger partial charge < -0.3 is 19.5 Å². The van der Waals surface area contributed by atoms with Crippen LogP contribution in [0.2, 0.25) is 5.02 Å². The van der Waals surface area contributed by atoms with Crippen molar-refractivity contribution in [1.29, 1.82) is 0 Å². The maximum absolute atomic E-state index is 12.9. The highest BCUT2D eigenvalue weighted by Gasteiger charge is 2.36. The van der Waals surface area contributed by atoms with Crippen LogP contribution in [0.5, 0.6) is 17.2 Å². The van der Waals surface area contributed by atoms with E-state index in [9.17, 15) is 14.4 Å². The van der Waals surface area contributed by atoms with E-state index < -0.39 is 23.6 Å². The van der Waals surface area contributed by atoms with Crippen molar-refractivity contribution in [2.75, 3.05) is 25.6 Å². The highest BCUT2D eigenvalue weighted by atomic mass is 127. The monoisotopic (exact) mass is 678 g/mol. The Balaban J connectivity index is 1.43. The van der Waals surface area contributed by atoms with Gasteiger partial charge in [-0.2, -0.15) is 0 Å². The minimum absolute atomic E-state index is 0.166. The standard InChI is InChI=1S/C28H24ClIN2O6S/c1-3-37-21-10-8-20(9-11-21)31-25(33)15-32-27(34)24(39-28(32)35)14-18-12-22(29)26(23(13-18)36-2)38-16-17-4-6-19(30)7-5-17/h4-14H,3,15-16H2,1-2H3,(H,31,33)/b24-14+. The first-order chi connectivity index (χ1) is 18.8. The van der Waals surface area contributed by atoms with Gasteiger partial charge in [-0.3, -0.25) is 19.3 Å². The number of benzene rings is 3. The highest BCUT2D eigenvalue weighted by Crippen LogP contribution is 2.39. The SMILES string of the molecule is CCOc1ccc(NC(=O)CN2C(=O)S/C(=C/c3cc(Cl)c(OCc4ccc(I)cc4)c(OC)c3)C2=O)cc1. The average molecular weight is 679 g/mol. The Morgan fingerprint density at radius 3 is 2.46 bits per heavy atom. The largest absolute Gasteiger partial charge is 0.494 e. The topological polar surface area (TPSA) is 94.2 Å². The lowest BCUT2D eigenvalue weighted by Crippen LogP contribution is -2.36. The molecule has 39 heavy (non-hydrogen) atoms. The fraction of sp³-hybridized carbons (Fsp3) is 0.179. The zero-order valence-corrected chi connectivity index (χ0v) is 24.8. The molecule has 1 fully saturated rings. The van der Waals surface area contributed by atoms with Gasteiger partial charge in [-0.05, 0) is 107 Å². The van der Waals surface area contributed by atoms with Gasteiger partial charge in [-0.15, -0.1) is 0 Å². The first-order valence-electron chi connectivity index (χ1n) is 11.8. The third-order valence-corrected chi connectivity index (χ3v) is 7.38. The van der Waals surface area contributed by atoms with Gasteiger partial charge in [0.15, 0.2) is 11.5 Å². The molecule has 1 saturated heterocycles. The predicted octanol–water partition coefficient (Wildman–Crippen LogP) is 6.61. The van der Waals surface area contributed by atoms with Crippen LogP contribution in [0.1, 0.15) is 18.1 Å². The number of anilines is 1. The van der Waals surface area contributed by atoms with Crippen LogP contribution in [0.3, 0.4) is 0 Å². The second-order valence-electron chi connectivity index (χ2n) is 8.22. The van der Waals surface area contributed by atoms with Gasteiger partial charge in [0.1, 0.15) is 18.9 Å². The molecular weight excluding hydrogens is 655 g/mol. The Bertz CT molecular complexity index is 1410. The number of carbonyl (C=O) groups is 3. The summed E-state index contributed by atoms with van der Waals surface area (Å²) in [7, 11) is 1.49. The molecule has 0 bridgehead atoms. The van der Waals surface area contributed by atoms with Crippen molar-refractivity contribution in [3.05, 3.63) is 85.3 Å². The quantitative estimate of drug-likeness (QED) is 0.191. The van der Waals surface area contributed by atoms with Gasteiger partial charge in [-0.1, -0.05) is 23.7 Å². The molecule has 0 unspecified atom stereocenters. The Labute approximate surface area is 248 Å². The molecule has 11 heteroatoms. The molecule has 0 saturated carbocycles. The number of nitrogens with zero attached hydrogens (tertiary/aromatic N) is 1. The second kappa shape index (κ2) is 13.2. The number of rotatable bonds is 10. The van der Waals surface area contributed by atoms with Crippen molar-refractivity contribution in [2.45, 2.75) is 13.5 Å². The van der Waals surface area contributed by atoms with Gasteiger partial charge in [0.05, 0.1) is 23.6 Å². The Morgan fingerprint density at radius 2 is 1.79 bits per heavy atom. The molecule has 3 amide bonds. The van der Waals surface area contributed by atoms with Crippen LogP contribution in [0.4, 0.5) is 10.5 Å². The number of hydrogen-bond donors (Lipinski definition) is 1. The molecule has 0 aliphatic carbocycles. The second-order valence-corrected chi connectivity index (χ2v) is 10.9. The Morgan fingerprint density at radius 1 is 1.08 bits per heavy atom. The number of thioether (sulfide) groups is 1. The number of ether oxygens (including phenoxy) is 3. The third-order valence-electron chi connectivity index (χ3n) is 5.47. The van der Waals surface area contributed by atoms with Crippen molar-refractivity contribution in [1.82, 2.24) is 4.90 Å². The van der Waals surface area contributed by atoms with E-state index in [1.165, 1.54) is 13.2 Å². The fourth-order valence-corrected chi connectivity index (χ4v) is 5.10. The van der Waals surface area contributed by atoms with Crippen molar-refractivity contribution in [2.24, 2.45) is 0 Å². The number of methoxy groups -OCH3 is 1. The minimum Gasteiger partial charge on any atom is -0.494 e. The normalized spacial score (nSPS) is 14.1. The lowest BCUT2D eigenvalue weighted by atomic mass is 10.1. The molecular formula is C28H24ClIN2O6S. The first-order valence-corrected chi connectivity index (χ1v) is 14.1. The van der Waals surface area contributed by atoms with Crippen LogP contribution < -0.4 is 19.5 Å². The molecule has 0 aromatic heterocycles. The molecule has 202 valence electrons. The first kappa shape index (κ1) is 28.8.